The minimum Gasteiger partial charge on any atom is -0.456 e. The van der Waals surface area contributed by atoms with Crippen molar-refractivity contribution in [3.8, 4) is 0 Å². The van der Waals surface area contributed by atoms with Gasteiger partial charge in [-0.15, -0.1) is 0 Å². The smallest absolute Gasteiger partial charge is 0.418 e. The number of hydrogen-bond donors (Lipinski definition) is 1. The molecule has 1 aliphatic rings. The van der Waals surface area contributed by atoms with Gasteiger partial charge in [0.15, 0.2) is 5.12 Å². The molecule has 2 amide bonds. The van der Waals surface area contributed by atoms with Crippen LogP contribution in [0.2, 0.25) is 0 Å². The zero-order valence-electron chi connectivity index (χ0n) is 21.7. The van der Waals surface area contributed by atoms with Gasteiger partial charge in [-0.2, -0.15) is 0 Å². The van der Waals surface area contributed by atoms with Crippen LogP contribution in [0.3, 0.4) is 0 Å². The number of likely N-dealkylation sites (tertiary alicyclic amines) is 1. The topological polar surface area (TPSA) is 162 Å². The van der Waals surface area contributed by atoms with E-state index >= 15 is 0 Å². The zero-order valence-corrected chi connectivity index (χ0v) is 22.5. The minimum absolute atomic E-state index is 0.0351. The molecule has 206 valence electrons. The SMILES string of the molecule is CC(=O)SC1C[C@@H](C(=O)Nc2cccc(C(=O)OC(C)(C)C)c2)N(C(=O)OC(=O)c2ccc([N+](=O)[O-])cc2)C1. The van der Waals surface area contributed by atoms with Crippen molar-refractivity contribution in [3.63, 3.8) is 0 Å². The molecule has 0 spiro atoms. The molecule has 0 saturated carbocycles. The van der Waals surface area contributed by atoms with Gasteiger partial charge in [-0.25, -0.2) is 14.4 Å². The molecule has 0 aromatic heterocycles. The van der Waals surface area contributed by atoms with E-state index in [2.05, 4.69) is 5.32 Å². The number of nitro groups is 1. The van der Waals surface area contributed by atoms with E-state index in [1.165, 1.54) is 19.1 Å². The number of esters is 2. The molecular weight excluding hydrogens is 530 g/mol. The van der Waals surface area contributed by atoms with Crippen molar-refractivity contribution in [2.45, 2.75) is 51.0 Å². The number of nitro benzene ring substituents is 1. The lowest BCUT2D eigenvalue weighted by molar-refractivity contribution is -0.384. The van der Waals surface area contributed by atoms with Gasteiger partial charge < -0.3 is 14.8 Å². The van der Waals surface area contributed by atoms with Crippen LogP contribution in [0.15, 0.2) is 48.5 Å². The van der Waals surface area contributed by atoms with E-state index in [9.17, 15) is 34.1 Å². The predicted molar refractivity (Wildman–Crippen MR) is 141 cm³/mol. The van der Waals surface area contributed by atoms with E-state index in [1.807, 2.05) is 0 Å². The zero-order chi connectivity index (χ0) is 28.9. The summed E-state index contributed by atoms with van der Waals surface area (Å²) in [4.78, 5) is 73.9. The lowest BCUT2D eigenvalue weighted by Gasteiger charge is -2.23. The first-order chi connectivity index (χ1) is 18.2. The molecule has 0 bridgehead atoms. The summed E-state index contributed by atoms with van der Waals surface area (Å²) < 4.78 is 10.3. The number of amides is 2. The molecule has 1 saturated heterocycles. The van der Waals surface area contributed by atoms with E-state index in [4.69, 9.17) is 9.47 Å². The quantitative estimate of drug-likeness (QED) is 0.236. The Hall–Kier alpha value is -4.26. The number of hydrogen-bond acceptors (Lipinski definition) is 10. The summed E-state index contributed by atoms with van der Waals surface area (Å²) in [5.41, 5.74) is -0.557. The van der Waals surface area contributed by atoms with Gasteiger partial charge in [0.25, 0.3) is 5.69 Å². The highest BCUT2D eigenvalue weighted by molar-refractivity contribution is 8.14. The molecule has 39 heavy (non-hydrogen) atoms. The fraction of sp³-hybridized carbons (Fsp3) is 0.346. The van der Waals surface area contributed by atoms with Gasteiger partial charge in [0.2, 0.25) is 5.91 Å². The summed E-state index contributed by atoms with van der Waals surface area (Å²) in [7, 11) is 0. The number of nitrogens with one attached hydrogen (secondary N) is 1. The highest BCUT2D eigenvalue weighted by atomic mass is 32.2. The Kier molecular flexibility index (Phi) is 9.07. The number of nitrogens with zero attached hydrogens (tertiary/aromatic N) is 2. The number of thioether (sulfide) groups is 1. The molecule has 1 unspecified atom stereocenters. The summed E-state index contributed by atoms with van der Waals surface area (Å²) in [5.74, 6) is -2.24. The molecule has 0 radical (unpaired) electrons. The number of carbonyl (C=O) groups excluding carboxylic acids is 5. The van der Waals surface area contributed by atoms with Gasteiger partial charge in [0, 0.05) is 36.5 Å². The maximum atomic E-state index is 13.2. The molecule has 2 aromatic carbocycles. The Balaban J connectivity index is 1.75. The van der Waals surface area contributed by atoms with Crippen molar-refractivity contribution in [2.24, 2.45) is 0 Å². The number of anilines is 1. The van der Waals surface area contributed by atoms with Crippen molar-refractivity contribution in [2.75, 3.05) is 11.9 Å². The fourth-order valence-electron chi connectivity index (χ4n) is 3.77. The molecule has 0 aliphatic carbocycles. The molecule has 1 fully saturated rings. The van der Waals surface area contributed by atoms with E-state index in [0.29, 0.717) is 0 Å². The van der Waals surface area contributed by atoms with Gasteiger partial charge in [-0.05, 0) is 57.5 Å². The first-order valence-electron chi connectivity index (χ1n) is 11.8. The Morgan fingerprint density at radius 1 is 1.03 bits per heavy atom. The first-order valence-corrected chi connectivity index (χ1v) is 12.7. The monoisotopic (exact) mass is 557 g/mol. The minimum atomic E-state index is -1.10. The van der Waals surface area contributed by atoms with E-state index in [0.717, 1.165) is 40.9 Å². The second-order valence-electron chi connectivity index (χ2n) is 9.67. The van der Waals surface area contributed by atoms with Crippen molar-refractivity contribution >= 4 is 52.2 Å². The highest BCUT2D eigenvalue weighted by Crippen LogP contribution is 2.30. The molecule has 1 heterocycles. The van der Waals surface area contributed by atoms with Crippen LogP contribution in [0.4, 0.5) is 16.2 Å². The van der Waals surface area contributed by atoms with Gasteiger partial charge in [-0.3, -0.25) is 24.6 Å². The highest BCUT2D eigenvalue weighted by Gasteiger charge is 2.42. The second kappa shape index (κ2) is 12.1. The van der Waals surface area contributed by atoms with Crippen molar-refractivity contribution in [3.05, 3.63) is 69.8 Å². The Bertz CT molecular complexity index is 1300. The summed E-state index contributed by atoms with van der Waals surface area (Å²) in [6.45, 7) is 6.51. The van der Waals surface area contributed by atoms with Crippen LogP contribution in [0.25, 0.3) is 0 Å². The van der Waals surface area contributed by atoms with Crippen LogP contribution < -0.4 is 5.32 Å². The van der Waals surface area contributed by atoms with Crippen LogP contribution >= 0.6 is 11.8 Å². The first kappa shape index (κ1) is 29.3. The van der Waals surface area contributed by atoms with Crippen LogP contribution in [-0.2, 0) is 19.1 Å². The maximum Gasteiger partial charge on any atom is 0.418 e. The predicted octanol–water partition coefficient (Wildman–Crippen LogP) is 4.19. The Labute approximate surface area is 228 Å². The van der Waals surface area contributed by atoms with E-state index in [-0.39, 0.29) is 40.6 Å². The van der Waals surface area contributed by atoms with Crippen molar-refractivity contribution in [1.29, 1.82) is 0 Å². The van der Waals surface area contributed by atoms with Crippen LogP contribution in [-0.4, -0.2) is 62.3 Å². The average Bonchev–Trinajstić information content (AvgIpc) is 3.26. The normalized spacial score (nSPS) is 16.8. The molecule has 1 aliphatic heterocycles. The third kappa shape index (κ3) is 8.11. The number of ether oxygens (including phenoxy) is 2. The van der Waals surface area contributed by atoms with Gasteiger partial charge >= 0.3 is 18.0 Å². The molecule has 2 atom stereocenters. The number of rotatable bonds is 6. The fourth-order valence-corrected chi connectivity index (χ4v) is 4.75. The summed E-state index contributed by atoms with van der Waals surface area (Å²) in [5, 5.41) is 12.9. The van der Waals surface area contributed by atoms with Crippen LogP contribution in [0.1, 0.15) is 54.8 Å². The summed E-state index contributed by atoms with van der Waals surface area (Å²) in [6.07, 6.45) is -0.990. The van der Waals surface area contributed by atoms with Crippen LogP contribution in [0, 0.1) is 10.1 Å². The maximum absolute atomic E-state index is 13.2. The number of non-ortho nitro benzene ring substituents is 1. The third-order valence-electron chi connectivity index (χ3n) is 5.39. The molecular formula is C26H27N3O9S. The van der Waals surface area contributed by atoms with Crippen LogP contribution in [0.5, 0.6) is 0 Å². The largest absolute Gasteiger partial charge is 0.456 e. The lowest BCUT2D eigenvalue weighted by Crippen LogP contribution is -2.44. The van der Waals surface area contributed by atoms with E-state index < -0.39 is 45.8 Å². The summed E-state index contributed by atoms with van der Waals surface area (Å²) in [6, 6.07) is 9.49. The van der Waals surface area contributed by atoms with Crippen molar-refractivity contribution < 1.29 is 38.4 Å². The summed E-state index contributed by atoms with van der Waals surface area (Å²) >= 11 is 0.964. The standard InChI is InChI=1S/C26H27N3O9S/c1-15(30)39-20-13-21(22(31)27-18-7-5-6-17(12-18)24(33)38-26(2,3)4)28(14-20)25(34)37-23(32)16-8-10-19(11-9-16)29(35)36/h5-12,20-21H,13-14H2,1-4H3,(H,27,31)/t20?,21-/m0/s1. The molecule has 3 rings (SSSR count). The van der Waals surface area contributed by atoms with E-state index in [1.54, 1.807) is 32.9 Å². The van der Waals surface area contributed by atoms with Gasteiger partial charge in [0.1, 0.15) is 11.6 Å². The molecule has 1 N–H and O–H groups in total. The second-order valence-corrected chi connectivity index (χ2v) is 11.1. The molecule has 2 aromatic rings. The van der Waals surface area contributed by atoms with Gasteiger partial charge in [-0.1, -0.05) is 17.8 Å². The number of benzene rings is 2. The molecule has 12 nitrogen and oxygen atoms in total. The number of carbonyl (C=O) groups is 5. The Morgan fingerprint density at radius 2 is 1.69 bits per heavy atom. The van der Waals surface area contributed by atoms with Gasteiger partial charge in [0.05, 0.1) is 16.1 Å². The molecule has 13 heteroatoms. The lowest BCUT2D eigenvalue weighted by atomic mass is 10.1. The Morgan fingerprint density at radius 3 is 2.28 bits per heavy atom. The third-order valence-corrected chi connectivity index (χ3v) is 6.40. The average molecular weight is 558 g/mol. The van der Waals surface area contributed by atoms with Crippen molar-refractivity contribution in [1.82, 2.24) is 4.90 Å².